The number of H-pyrrole nitrogens is 1. The van der Waals surface area contributed by atoms with E-state index >= 15 is 0 Å². The first kappa shape index (κ1) is 27.8. The summed E-state index contributed by atoms with van der Waals surface area (Å²) in [6.07, 6.45) is 2.17. The Morgan fingerprint density at radius 1 is 1.10 bits per heavy atom. The molecule has 3 aromatic heterocycles. The van der Waals surface area contributed by atoms with Crippen molar-refractivity contribution >= 4 is 27.8 Å². The molecule has 0 radical (unpaired) electrons. The molecule has 0 spiro atoms. The van der Waals surface area contributed by atoms with E-state index in [1.165, 1.54) is 0 Å². The van der Waals surface area contributed by atoms with Gasteiger partial charge in [-0.2, -0.15) is 18.4 Å². The van der Waals surface area contributed by atoms with Crippen LogP contribution in [0, 0.1) is 17.2 Å². The number of nitrogens with zero attached hydrogens (tertiary/aromatic N) is 4. The number of carboxylic acids is 1. The molecule has 0 saturated heterocycles. The van der Waals surface area contributed by atoms with Crippen molar-refractivity contribution in [1.29, 1.82) is 5.26 Å². The third-order valence-corrected chi connectivity index (χ3v) is 7.45. The molecule has 6 rings (SSSR count). The highest BCUT2D eigenvalue weighted by molar-refractivity contribution is 5.98. The number of nitrogens with one attached hydrogen (secondary N) is 1. The molecule has 212 valence electrons. The Hall–Kier alpha value is -4.76. The lowest BCUT2D eigenvalue weighted by Crippen LogP contribution is -2.21. The summed E-state index contributed by atoms with van der Waals surface area (Å²) in [7, 11) is 1.96. The maximum atomic E-state index is 13.2. The number of carboxylic acid groups (broad SMARTS) is 1. The van der Waals surface area contributed by atoms with Crippen LogP contribution in [0.15, 0.2) is 65.7 Å². The minimum Gasteiger partial charge on any atom is -0.475 e. The van der Waals surface area contributed by atoms with E-state index in [4.69, 9.17) is 15.6 Å². The summed E-state index contributed by atoms with van der Waals surface area (Å²) in [5.41, 5.74) is 10.5. The van der Waals surface area contributed by atoms with E-state index in [0.29, 0.717) is 11.6 Å². The molecular formula is C29H27F3N6O3. The maximum absolute atomic E-state index is 13.2. The zero-order valence-electron chi connectivity index (χ0n) is 22.0. The van der Waals surface area contributed by atoms with Crippen molar-refractivity contribution in [3.05, 3.63) is 77.1 Å². The van der Waals surface area contributed by atoms with E-state index in [0.717, 1.165) is 58.9 Å². The van der Waals surface area contributed by atoms with Gasteiger partial charge in [-0.15, -0.1) is 0 Å². The SMILES string of the molecule is Cn1cc(-n2c(-c3cn(C[C@H]4CC[C@@H](N)C4)c4ccccc34)c(C#N)[nH]c2=O)c2ccccc21.O=C(O)C(F)(F)F. The summed E-state index contributed by atoms with van der Waals surface area (Å²) in [5, 5.41) is 19.1. The first-order valence-electron chi connectivity index (χ1n) is 12.9. The number of hydrogen-bond donors (Lipinski definition) is 3. The van der Waals surface area contributed by atoms with Crippen LogP contribution in [-0.4, -0.2) is 42.0 Å². The fourth-order valence-electron chi connectivity index (χ4n) is 5.64. The van der Waals surface area contributed by atoms with Gasteiger partial charge in [0.15, 0.2) is 0 Å². The van der Waals surface area contributed by atoms with Gasteiger partial charge in [0.05, 0.1) is 11.4 Å². The quantitative estimate of drug-likeness (QED) is 0.285. The number of carbonyl (C=O) groups is 1. The van der Waals surface area contributed by atoms with Gasteiger partial charge in [-0.05, 0) is 37.3 Å². The molecule has 1 saturated carbocycles. The summed E-state index contributed by atoms with van der Waals surface area (Å²) in [6.45, 7) is 0.874. The van der Waals surface area contributed by atoms with Crippen molar-refractivity contribution in [1.82, 2.24) is 18.7 Å². The van der Waals surface area contributed by atoms with Crippen molar-refractivity contribution in [3.8, 4) is 23.0 Å². The molecule has 0 amide bonds. The fraction of sp³-hybridized carbons (Fsp3) is 0.276. The molecule has 9 nitrogen and oxygen atoms in total. The number of halogens is 3. The third kappa shape index (κ3) is 5.24. The van der Waals surface area contributed by atoms with Gasteiger partial charge in [0.25, 0.3) is 0 Å². The lowest BCUT2D eigenvalue weighted by atomic mass is 10.1. The second kappa shape index (κ2) is 10.7. The zero-order valence-corrected chi connectivity index (χ0v) is 22.0. The predicted octanol–water partition coefficient (Wildman–Crippen LogP) is 4.91. The van der Waals surface area contributed by atoms with Gasteiger partial charge in [-0.25, -0.2) is 9.59 Å². The first-order chi connectivity index (χ1) is 19.5. The van der Waals surface area contributed by atoms with Crippen LogP contribution < -0.4 is 11.4 Å². The van der Waals surface area contributed by atoms with Gasteiger partial charge in [-0.3, -0.25) is 9.55 Å². The summed E-state index contributed by atoms with van der Waals surface area (Å²) < 4.78 is 37.7. The predicted molar refractivity (Wildman–Crippen MR) is 148 cm³/mol. The van der Waals surface area contributed by atoms with Crippen LogP contribution in [0.25, 0.3) is 38.8 Å². The molecule has 1 aliphatic carbocycles. The minimum atomic E-state index is -5.08. The molecule has 5 aromatic rings. The highest BCUT2D eigenvalue weighted by Crippen LogP contribution is 2.36. The van der Waals surface area contributed by atoms with Crippen LogP contribution in [-0.2, 0) is 18.4 Å². The van der Waals surface area contributed by atoms with E-state index in [1.54, 1.807) is 4.57 Å². The van der Waals surface area contributed by atoms with Crippen molar-refractivity contribution in [2.75, 3.05) is 0 Å². The molecule has 0 aliphatic heterocycles. The molecule has 0 unspecified atom stereocenters. The number of aryl methyl sites for hydroxylation is 1. The second-order valence-corrected chi connectivity index (χ2v) is 10.2. The van der Waals surface area contributed by atoms with E-state index < -0.39 is 12.1 Å². The average molecular weight is 565 g/mol. The third-order valence-electron chi connectivity index (χ3n) is 7.45. The Bertz CT molecular complexity index is 1850. The number of alkyl halides is 3. The van der Waals surface area contributed by atoms with Crippen LogP contribution in [0.4, 0.5) is 13.2 Å². The van der Waals surface area contributed by atoms with Gasteiger partial charge in [-0.1, -0.05) is 36.4 Å². The minimum absolute atomic E-state index is 0.267. The highest BCUT2D eigenvalue weighted by Gasteiger charge is 2.38. The molecule has 2 atom stereocenters. The number of aliphatic carboxylic acids is 1. The number of aromatic amines is 1. The molecule has 0 bridgehead atoms. The lowest BCUT2D eigenvalue weighted by molar-refractivity contribution is -0.192. The van der Waals surface area contributed by atoms with Crippen molar-refractivity contribution < 1.29 is 23.1 Å². The van der Waals surface area contributed by atoms with E-state index in [1.807, 2.05) is 54.2 Å². The van der Waals surface area contributed by atoms with Crippen LogP contribution in [0.3, 0.4) is 0 Å². The van der Waals surface area contributed by atoms with E-state index in [9.17, 15) is 23.2 Å². The topological polar surface area (TPSA) is 135 Å². The fourth-order valence-corrected chi connectivity index (χ4v) is 5.64. The maximum Gasteiger partial charge on any atom is 0.490 e. The summed E-state index contributed by atoms with van der Waals surface area (Å²) in [4.78, 5) is 24.9. The number of para-hydroxylation sites is 2. The number of aromatic nitrogens is 4. The number of hydrogen-bond acceptors (Lipinski definition) is 4. The van der Waals surface area contributed by atoms with Crippen molar-refractivity contribution in [3.63, 3.8) is 0 Å². The van der Waals surface area contributed by atoms with Crippen molar-refractivity contribution in [2.24, 2.45) is 18.7 Å². The lowest BCUT2D eigenvalue weighted by Gasteiger charge is -2.12. The van der Waals surface area contributed by atoms with Crippen molar-refractivity contribution in [2.45, 2.75) is 38.0 Å². The zero-order chi connectivity index (χ0) is 29.5. The normalized spacial score (nSPS) is 17.0. The summed E-state index contributed by atoms with van der Waals surface area (Å²) in [6, 6.07) is 18.7. The van der Waals surface area contributed by atoms with Crippen LogP contribution in [0.5, 0.6) is 0 Å². The van der Waals surface area contributed by atoms with Gasteiger partial charge < -0.3 is 20.0 Å². The van der Waals surface area contributed by atoms with Gasteiger partial charge in [0.1, 0.15) is 11.8 Å². The smallest absolute Gasteiger partial charge is 0.475 e. The molecule has 1 aliphatic rings. The number of benzene rings is 2. The Morgan fingerprint density at radius 2 is 1.73 bits per heavy atom. The summed E-state index contributed by atoms with van der Waals surface area (Å²) in [5.74, 6) is -2.23. The number of nitrogens with two attached hydrogens (primary N) is 1. The second-order valence-electron chi connectivity index (χ2n) is 10.2. The molecule has 3 heterocycles. The van der Waals surface area contributed by atoms with E-state index in [2.05, 4.69) is 33.9 Å². The Morgan fingerprint density at radius 3 is 2.34 bits per heavy atom. The standard InChI is InChI=1S/C27H26N6O.C2HF3O2/c1-31-16-25(20-7-3-4-8-23(20)31)33-26(22(13-28)30-27(33)34)21-15-32(14-17-10-11-18(29)12-17)24-9-5-2-6-19(21)24;3-2(4,5)1(6)7/h2-9,15-18H,10-12,14,29H2,1H3,(H,30,34);(H,6,7)/t17-,18+;/m0./s1. The largest absolute Gasteiger partial charge is 0.490 e. The number of imidazole rings is 1. The molecule has 4 N–H and O–H groups in total. The Kier molecular flexibility index (Phi) is 7.23. The first-order valence-corrected chi connectivity index (χ1v) is 12.9. The van der Waals surface area contributed by atoms with Crippen LogP contribution in [0.2, 0.25) is 0 Å². The molecule has 41 heavy (non-hydrogen) atoms. The van der Waals surface area contributed by atoms with Crippen LogP contribution in [0.1, 0.15) is 25.0 Å². The van der Waals surface area contributed by atoms with E-state index in [-0.39, 0.29) is 17.4 Å². The molecule has 2 aromatic carbocycles. The highest BCUT2D eigenvalue weighted by atomic mass is 19.4. The van der Waals surface area contributed by atoms with Gasteiger partial charge in [0.2, 0.25) is 0 Å². The molecule has 1 fully saturated rings. The summed E-state index contributed by atoms with van der Waals surface area (Å²) >= 11 is 0. The van der Waals surface area contributed by atoms with Crippen LogP contribution >= 0.6 is 0 Å². The number of fused-ring (bicyclic) bond motifs is 2. The number of nitriles is 1. The molecule has 12 heteroatoms. The molecular weight excluding hydrogens is 537 g/mol. The van der Waals surface area contributed by atoms with Gasteiger partial charge in [0, 0.05) is 59.4 Å². The Labute approximate surface area is 231 Å². The van der Waals surface area contributed by atoms with Gasteiger partial charge >= 0.3 is 17.8 Å². The monoisotopic (exact) mass is 564 g/mol. The number of rotatable bonds is 4. The average Bonchev–Trinajstić information content (AvgIpc) is 3.68. The Balaban J connectivity index is 0.000000431.